The van der Waals surface area contributed by atoms with Gasteiger partial charge in [0, 0.05) is 23.0 Å². The number of nitrogens with zero attached hydrogens (tertiary/aromatic N) is 1. The third-order valence-corrected chi connectivity index (χ3v) is 8.43. The van der Waals surface area contributed by atoms with Crippen LogP contribution >= 0.6 is 15.9 Å². The lowest BCUT2D eigenvalue weighted by Gasteiger charge is -2.56. The maximum Gasteiger partial charge on any atom is 0.329 e. The van der Waals surface area contributed by atoms with E-state index in [1.807, 2.05) is 0 Å². The van der Waals surface area contributed by atoms with Crippen molar-refractivity contribution in [3.8, 4) is 0 Å². The van der Waals surface area contributed by atoms with Gasteiger partial charge in [-0.05, 0) is 68.4 Å². The van der Waals surface area contributed by atoms with Crippen molar-refractivity contribution < 1.29 is 23.8 Å². The summed E-state index contributed by atoms with van der Waals surface area (Å²) in [6.07, 6.45) is 6.01. The molecule has 0 spiro atoms. The van der Waals surface area contributed by atoms with E-state index in [2.05, 4.69) is 15.9 Å². The number of rotatable bonds is 4. The summed E-state index contributed by atoms with van der Waals surface area (Å²) in [6.45, 7) is 0.187. The van der Waals surface area contributed by atoms with Crippen LogP contribution in [0.25, 0.3) is 0 Å². The molecular weight excluding hydrogens is 453 g/mol. The molecule has 1 heterocycles. The van der Waals surface area contributed by atoms with Crippen LogP contribution in [0.15, 0.2) is 22.7 Å². The Hall–Kier alpha value is -1.47. The van der Waals surface area contributed by atoms with Crippen molar-refractivity contribution in [1.29, 1.82) is 0 Å². The van der Waals surface area contributed by atoms with Gasteiger partial charge in [0.15, 0.2) is 0 Å². The van der Waals surface area contributed by atoms with E-state index in [-0.39, 0.29) is 36.7 Å². The van der Waals surface area contributed by atoms with E-state index >= 15 is 0 Å². The van der Waals surface area contributed by atoms with Gasteiger partial charge in [-0.1, -0.05) is 22.0 Å². The number of ether oxygens (including phenoxy) is 1. The molecule has 1 amide bonds. The number of aliphatic hydroxyl groups is 1. The molecule has 1 aliphatic heterocycles. The highest BCUT2D eigenvalue weighted by molar-refractivity contribution is 9.10. The first kappa shape index (κ1) is 20.4. The smallest absolute Gasteiger partial charge is 0.329 e. The van der Waals surface area contributed by atoms with Gasteiger partial charge < -0.3 is 14.7 Å². The number of hydrogen-bond acceptors (Lipinski definition) is 4. The van der Waals surface area contributed by atoms with Crippen molar-refractivity contribution in [2.24, 2.45) is 23.2 Å². The van der Waals surface area contributed by atoms with Crippen LogP contribution < -0.4 is 0 Å². The van der Waals surface area contributed by atoms with Gasteiger partial charge in [-0.3, -0.25) is 4.79 Å². The summed E-state index contributed by atoms with van der Waals surface area (Å²) in [5.74, 6) is 1.07. The maximum absolute atomic E-state index is 13.7. The number of halogens is 2. The summed E-state index contributed by atoms with van der Waals surface area (Å²) in [7, 11) is 0. The van der Waals surface area contributed by atoms with Gasteiger partial charge >= 0.3 is 5.97 Å². The first-order valence-electron chi connectivity index (χ1n) is 10.9. The SMILES string of the molecule is O=C(OCc1ccc(F)cc1Br)[C@H]1C[C@H](O)CN1C(=O)C12CC3CC(CC(C3)C1)C2. The highest BCUT2D eigenvalue weighted by Crippen LogP contribution is 2.60. The van der Waals surface area contributed by atoms with E-state index < -0.39 is 18.1 Å². The Labute approximate surface area is 184 Å². The van der Waals surface area contributed by atoms with Crippen LogP contribution in [-0.4, -0.2) is 40.6 Å². The summed E-state index contributed by atoms with van der Waals surface area (Å²) >= 11 is 3.28. The third-order valence-electron chi connectivity index (χ3n) is 7.69. The number of amides is 1. The zero-order valence-electron chi connectivity index (χ0n) is 16.9. The fourth-order valence-electron chi connectivity index (χ4n) is 6.82. The Morgan fingerprint density at radius 1 is 1.13 bits per heavy atom. The molecule has 6 rings (SSSR count). The van der Waals surface area contributed by atoms with E-state index in [4.69, 9.17) is 4.74 Å². The molecule has 4 aliphatic carbocycles. The molecule has 0 aromatic heterocycles. The van der Waals surface area contributed by atoms with E-state index in [1.165, 1.54) is 31.4 Å². The fourth-order valence-corrected chi connectivity index (χ4v) is 7.29. The summed E-state index contributed by atoms with van der Waals surface area (Å²) in [4.78, 5) is 28.1. The third kappa shape index (κ3) is 3.58. The van der Waals surface area contributed by atoms with Gasteiger partial charge in [0.1, 0.15) is 18.5 Å². The van der Waals surface area contributed by atoms with E-state index in [9.17, 15) is 19.1 Å². The van der Waals surface area contributed by atoms with E-state index in [0.717, 1.165) is 19.3 Å². The average molecular weight is 480 g/mol. The number of carbonyl (C=O) groups is 2. The molecule has 4 bridgehead atoms. The van der Waals surface area contributed by atoms with E-state index in [1.54, 1.807) is 11.0 Å². The first-order valence-corrected chi connectivity index (χ1v) is 11.7. The molecule has 5 fully saturated rings. The Kier molecular flexibility index (Phi) is 5.17. The molecule has 5 aliphatic rings. The van der Waals surface area contributed by atoms with Crippen molar-refractivity contribution in [1.82, 2.24) is 4.90 Å². The summed E-state index contributed by atoms with van der Waals surface area (Å²) in [5.41, 5.74) is 0.305. The highest BCUT2D eigenvalue weighted by Gasteiger charge is 2.57. The minimum Gasteiger partial charge on any atom is -0.459 e. The molecular formula is C23H27BrFNO4. The zero-order chi connectivity index (χ0) is 21.0. The number of carbonyl (C=O) groups excluding carboxylic acids is 2. The normalized spacial score (nSPS) is 36.9. The molecule has 30 heavy (non-hydrogen) atoms. The van der Waals surface area contributed by atoms with Crippen LogP contribution in [0.3, 0.4) is 0 Å². The Balaban J connectivity index is 1.30. The standard InChI is InChI=1S/C23H27BrFNO4/c24-19-6-17(25)2-1-16(19)12-30-21(28)20-7-18(27)11-26(20)22(29)23-8-13-3-14(9-23)5-15(4-13)10-23/h1-2,6,13-15,18,20,27H,3-5,7-12H2/t13?,14?,15?,18-,20+,23?/m0/s1. The van der Waals surface area contributed by atoms with Crippen molar-refractivity contribution in [3.63, 3.8) is 0 Å². The largest absolute Gasteiger partial charge is 0.459 e. The van der Waals surface area contributed by atoms with Crippen LogP contribution in [0.2, 0.25) is 0 Å². The molecule has 0 radical (unpaired) electrons. The summed E-state index contributed by atoms with van der Waals surface area (Å²) in [6, 6.07) is 3.45. The monoisotopic (exact) mass is 479 g/mol. The fraction of sp³-hybridized carbons (Fsp3) is 0.652. The number of likely N-dealkylation sites (tertiary alicyclic amines) is 1. The minimum absolute atomic E-state index is 0.00825. The molecule has 1 aromatic carbocycles. The molecule has 0 unspecified atom stereocenters. The first-order chi connectivity index (χ1) is 14.3. The van der Waals surface area contributed by atoms with Crippen molar-refractivity contribution in [3.05, 3.63) is 34.1 Å². The number of benzene rings is 1. The second kappa shape index (κ2) is 7.59. The zero-order valence-corrected chi connectivity index (χ0v) is 18.4. The summed E-state index contributed by atoms with van der Waals surface area (Å²) < 4.78 is 19.3. The van der Waals surface area contributed by atoms with Gasteiger partial charge in [-0.15, -0.1) is 0 Å². The van der Waals surface area contributed by atoms with Crippen molar-refractivity contribution >= 4 is 27.8 Å². The van der Waals surface area contributed by atoms with Crippen LogP contribution in [0.5, 0.6) is 0 Å². The lowest BCUT2D eigenvalue weighted by atomic mass is 9.49. The van der Waals surface area contributed by atoms with Crippen LogP contribution in [-0.2, 0) is 20.9 Å². The minimum atomic E-state index is -0.750. The average Bonchev–Trinajstić information content (AvgIpc) is 3.07. The van der Waals surface area contributed by atoms with Gasteiger partial charge in [0.25, 0.3) is 0 Å². The number of β-amino-alcohol motifs (C(OH)–C–C–N with tert-alkyl or cyclic N) is 1. The van der Waals surface area contributed by atoms with Gasteiger partial charge in [-0.25, -0.2) is 9.18 Å². The van der Waals surface area contributed by atoms with E-state index in [0.29, 0.717) is 27.8 Å². The predicted molar refractivity (Wildman–Crippen MR) is 111 cm³/mol. The molecule has 1 aromatic rings. The molecule has 162 valence electrons. The van der Waals surface area contributed by atoms with Gasteiger partial charge in [0.2, 0.25) is 5.91 Å². The number of hydrogen-bond donors (Lipinski definition) is 1. The Morgan fingerprint density at radius 3 is 2.37 bits per heavy atom. The quantitative estimate of drug-likeness (QED) is 0.666. The van der Waals surface area contributed by atoms with Crippen LogP contribution in [0, 0.1) is 29.0 Å². The van der Waals surface area contributed by atoms with Crippen molar-refractivity contribution in [2.45, 2.75) is 63.7 Å². The lowest BCUT2D eigenvalue weighted by Crippen LogP contribution is -2.56. The molecule has 7 heteroatoms. The lowest BCUT2D eigenvalue weighted by molar-refractivity contribution is -0.166. The topological polar surface area (TPSA) is 66.8 Å². The molecule has 2 atom stereocenters. The van der Waals surface area contributed by atoms with Crippen LogP contribution in [0.1, 0.15) is 50.5 Å². The van der Waals surface area contributed by atoms with Gasteiger partial charge in [-0.2, -0.15) is 0 Å². The molecule has 1 saturated heterocycles. The van der Waals surface area contributed by atoms with Crippen molar-refractivity contribution in [2.75, 3.05) is 6.54 Å². The predicted octanol–water partition coefficient (Wildman–Crippen LogP) is 3.81. The second-order valence-electron chi connectivity index (χ2n) is 9.90. The molecule has 1 N–H and O–H groups in total. The van der Waals surface area contributed by atoms with Gasteiger partial charge in [0.05, 0.1) is 11.5 Å². The summed E-state index contributed by atoms with van der Waals surface area (Å²) in [5, 5.41) is 10.3. The number of esters is 1. The molecule has 5 nitrogen and oxygen atoms in total. The Morgan fingerprint density at radius 2 is 1.77 bits per heavy atom. The highest BCUT2D eigenvalue weighted by atomic mass is 79.9. The number of aliphatic hydroxyl groups excluding tert-OH is 1. The Bertz CT molecular complexity index is 839. The maximum atomic E-state index is 13.7. The van der Waals surface area contributed by atoms with Crippen LogP contribution in [0.4, 0.5) is 4.39 Å². The molecule has 4 saturated carbocycles. The second-order valence-corrected chi connectivity index (χ2v) is 10.8.